The second-order valence-corrected chi connectivity index (χ2v) is 15.6. The normalized spacial score (nSPS) is 16.2. The monoisotopic (exact) mass is 670 g/mol. The maximum atomic E-state index is 6.35. The van der Waals surface area contributed by atoms with Gasteiger partial charge in [0.15, 0.2) is 5.82 Å². The Hall–Kier alpha value is -5.80. The molecule has 0 N–H and O–H groups in total. The van der Waals surface area contributed by atoms with Crippen LogP contribution in [0, 0.1) is 0 Å². The third kappa shape index (κ3) is 4.14. The fourth-order valence-corrected chi connectivity index (χ4v) is 9.96. The van der Waals surface area contributed by atoms with E-state index >= 15 is 0 Å². The summed E-state index contributed by atoms with van der Waals surface area (Å²) in [5.41, 5.74) is 18.4. The first-order valence-corrected chi connectivity index (χ1v) is 18.8. The second-order valence-electron chi connectivity index (χ2n) is 15.6. The van der Waals surface area contributed by atoms with Crippen LogP contribution in [0.25, 0.3) is 78.1 Å². The molecule has 11 rings (SSSR count). The molecular formula is C49H38N2O. The van der Waals surface area contributed by atoms with Gasteiger partial charge in [-0.1, -0.05) is 136 Å². The molecule has 0 unspecified atom stereocenters. The molecule has 3 nitrogen and oxygen atoms in total. The summed E-state index contributed by atoms with van der Waals surface area (Å²) in [4.78, 5) is 10.3. The summed E-state index contributed by atoms with van der Waals surface area (Å²) >= 11 is 0. The molecule has 0 radical (unpaired) electrons. The van der Waals surface area contributed by atoms with Gasteiger partial charge in [-0.15, -0.1) is 0 Å². The molecule has 2 heterocycles. The van der Waals surface area contributed by atoms with E-state index in [2.05, 4.69) is 123 Å². The highest BCUT2D eigenvalue weighted by atomic mass is 16.3. The highest BCUT2D eigenvalue weighted by Gasteiger charge is 2.46. The highest BCUT2D eigenvalue weighted by Crippen LogP contribution is 2.60. The lowest BCUT2D eigenvalue weighted by atomic mass is 9.67. The van der Waals surface area contributed by atoms with Gasteiger partial charge in [0.1, 0.15) is 5.58 Å². The molecule has 0 amide bonds. The number of nitrogens with zero attached hydrogens (tertiary/aromatic N) is 2. The average Bonchev–Trinajstić information content (AvgIpc) is 3.78. The molecule has 0 bridgehead atoms. The van der Waals surface area contributed by atoms with Crippen LogP contribution in [0.1, 0.15) is 68.2 Å². The smallest absolute Gasteiger partial charge is 0.231 e. The van der Waals surface area contributed by atoms with Crippen LogP contribution < -0.4 is 0 Å². The van der Waals surface area contributed by atoms with E-state index in [1.807, 2.05) is 24.3 Å². The van der Waals surface area contributed by atoms with Gasteiger partial charge in [-0.05, 0) is 98.8 Å². The van der Waals surface area contributed by atoms with Crippen molar-refractivity contribution in [2.45, 2.75) is 56.8 Å². The van der Waals surface area contributed by atoms with Gasteiger partial charge in [0.2, 0.25) is 5.71 Å². The first-order valence-electron chi connectivity index (χ1n) is 18.8. The molecule has 0 aliphatic heterocycles. The number of rotatable bonds is 3. The molecule has 8 aromatic rings. The van der Waals surface area contributed by atoms with E-state index in [9.17, 15) is 0 Å². The molecule has 3 aliphatic rings. The van der Waals surface area contributed by atoms with Crippen molar-refractivity contribution < 1.29 is 4.42 Å². The van der Waals surface area contributed by atoms with Crippen LogP contribution >= 0.6 is 0 Å². The van der Waals surface area contributed by atoms with Crippen molar-refractivity contribution >= 4 is 22.1 Å². The summed E-state index contributed by atoms with van der Waals surface area (Å²) in [6, 6.07) is 48.7. The van der Waals surface area contributed by atoms with Gasteiger partial charge in [0.05, 0.1) is 11.1 Å². The zero-order chi connectivity index (χ0) is 34.6. The van der Waals surface area contributed by atoms with Gasteiger partial charge >= 0.3 is 0 Å². The Kier molecular flexibility index (Phi) is 6.24. The quantitative estimate of drug-likeness (QED) is 0.188. The Morgan fingerprint density at radius 1 is 0.500 bits per heavy atom. The molecule has 1 spiro atoms. The first kappa shape index (κ1) is 29.9. The van der Waals surface area contributed by atoms with Gasteiger partial charge in [-0.2, -0.15) is 4.98 Å². The van der Waals surface area contributed by atoms with Crippen molar-refractivity contribution in [2.75, 3.05) is 0 Å². The van der Waals surface area contributed by atoms with Crippen molar-refractivity contribution in [1.29, 1.82) is 0 Å². The van der Waals surface area contributed by atoms with Gasteiger partial charge < -0.3 is 4.42 Å². The van der Waals surface area contributed by atoms with Gasteiger partial charge in [-0.3, -0.25) is 0 Å². The SMILES string of the molecule is CC1(C)c2ccccc2-c2cc3c(cc21)-c1cc(-c2cccc(-c4nc(-c5ccccc5)c5c(n4)oc4ccccc45)c2)ccc1C31CCCCC1. The Bertz CT molecular complexity index is 2750. The molecule has 6 aromatic carbocycles. The molecule has 2 aromatic heterocycles. The van der Waals surface area contributed by atoms with Crippen LogP contribution in [-0.4, -0.2) is 9.97 Å². The van der Waals surface area contributed by atoms with E-state index in [1.165, 1.54) is 76.6 Å². The predicted octanol–water partition coefficient (Wildman–Crippen LogP) is 12.9. The summed E-state index contributed by atoms with van der Waals surface area (Å²) in [6.07, 6.45) is 6.32. The number of furan rings is 1. The molecule has 3 heteroatoms. The van der Waals surface area contributed by atoms with E-state index in [1.54, 1.807) is 5.56 Å². The van der Waals surface area contributed by atoms with Gasteiger partial charge in [-0.25, -0.2) is 4.98 Å². The molecule has 0 saturated heterocycles. The van der Waals surface area contributed by atoms with Crippen LogP contribution in [0.2, 0.25) is 0 Å². The van der Waals surface area contributed by atoms with Gasteiger partial charge in [0, 0.05) is 27.3 Å². The zero-order valence-corrected chi connectivity index (χ0v) is 29.5. The maximum Gasteiger partial charge on any atom is 0.231 e. The van der Waals surface area contributed by atoms with E-state index < -0.39 is 0 Å². The Morgan fingerprint density at radius 3 is 2.08 bits per heavy atom. The summed E-state index contributed by atoms with van der Waals surface area (Å²) in [5, 5.41) is 1.98. The minimum Gasteiger partial charge on any atom is -0.438 e. The fraction of sp³-hybridized carbons (Fsp3) is 0.184. The predicted molar refractivity (Wildman–Crippen MR) is 212 cm³/mol. The Morgan fingerprint density at radius 2 is 1.19 bits per heavy atom. The zero-order valence-electron chi connectivity index (χ0n) is 29.5. The largest absolute Gasteiger partial charge is 0.438 e. The van der Waals surface area contributed by atoms with Crippen molar-refractivity contribution in [3.8, 4) is 56.0 Å². The molecule has 1 saturated carbocycles. The van der Waals surface area contributed by atoms with Crippen LogP contribution in [0.4, 0.5) is 0 Å². The number of benzene rings is 6. The minimum absolute atomic E-state index is 0.0328. The van der Waals surface area contributed by atoms with E-state index in [0.29, 0.717) is 11.5 Å². The molecule has 52 heavy (non-hydrogen) atoms. The van der Waals surface area contributed by atoms with Crippen LogP contribution in [0.5, 0.6) is 0 Å². The fourth-order valence-electron chi connectivity index (χ4n) is 9.96. The van der Waals surface area contributed by atoms with E-state index in [-0.39, 0.29) is 10.8 Å². The summed E-state index contributed by atoms with van der Waals surface area (Å²) < 4.78 is 6.35. The van der Waals surface area contributed by atoms with Crippen LogP contribution in [0.15, 0.2) is 138 Å². The standard InChI is InChI=1S/C49H38N2O/c1-48(2)39-20-9-7-18-34(39)37-29-42-38(28-41(37)48)36-27-32(22-23-40(36)49(42)24-11-4-12-25-49)31-16-13-17-33(26-31)46-50-45(30-14-5-3-6-15-30)44-35-19-8-10-21-43(35)52-47(44)51-46/h3,5-10,13-23,26-29H,4,11-12,24-25H2,1-2H3. The number of fused-ring (bicyclic) bond motifs is 11. The first-order chi connectivity index (χ1) is 25.5. The van der Waals surface area contributed by atoms with Gasteiger partial charge in [0.25, 0.3) is 0 Å². The van der Waals surface area contributed by atoms with Crippen molar-refractivity contribution in [3.63, 3.8) is 0 Å². The molecule has 1 fully saturated rings. The summed E-state index contributed by atoms with van der Waals surface area (Å²) in [7, 11) is 0. The van der Waals surface area contributed by atoms with Crippen LogP contribution in [-0.2, 0) is 10.8 Å². The number of para-hydroxylation sites is 1. The Labute approximate surface area is 304 Å². The lowest BCUT2D eigenvalue weighted by Gasteiger charge is -2.36. The van der Waals surface area contributed by atoms with Crippen LogP contribution in [0.3, 0.4) is 0 Å². The molecule has 250 valence electrons. The lowest BCUT2D eigenvalue weighted by Crippen LogP contribution is -2.28. The lowest BCUT2D eigenvalue weighted by molar-refractivity contribution is 0.353. The van der Waals surface area contributed by atoms with Crippen molar-refractivity contribution in [2.24, 2.45) is 0 Å². The summed E-state index contributed by atoms with van der Waals surface area (Å²) in [5.74, 6) is 0.664. The third-order valence-electron chi connectivity index (χ3n) is 12.5. The van der Waals surface area contributed by atoms with E-state index in [0.717, 1.165) is 38.7 Å². The third-order valence-corrected chi connectivity index (χ3v) is 12.5. The molecular weight excluding hydrogens is 633 g/mol. The topological polar surface area (TPSA) is 38.9 Å². The van der Waals surface area contributed by atoms with E-state index in [4.69, 9.17) is 14.4 Å². The highest BCUT2D eigenvalue weighted by molar-refractivity contribution is 6.10. The van der Waals surface area contributed by atoms with Crippen molar-refractivity contribution in [1.82, 2.24) is 9.97 Å². The van der Waals surface area contributed by atoms with Crippen molar-refractivity contribution in [3.05, 3.63) is 156 Å². The second kappa shape index (κ2) is 10.9. The maximum absolute atomic E-state index is 6.35. The minimum atomic E-state index is -0.0328. The average molecular weight is 671 g/mol. The summed E-state index contributed by atoms with van der Waals surface area (Å²) in [6.45, 7) is 4.79. The molecule has 0 atom stereocenters. The number of aromatic nitrogens is 2. The number of hydrogen-bond acceptors (Lipinski definition) is 3. The Balaban J connectivity index is 1.06. The molecule has 3 aliphatic carbocycles. The number of hydrogen-bond donors (Lipinski definition) is 0.